The van der Waals surface area contributed by atoms with Crippen molar-refractivity contribution in [3.8, 4) is 0 Å². The Balaban J connectivity index is 2.10. The minimum atomic E-state index is -0.815. The number of nitrogens with one attached hydrogen (secondary N) is 1. The molecule has 2 rings (SSSR count). The van der Waals surface area contributed by atoms with E-state index in [2.05, 4.69) is 5.32 Å². The molecule has 0 fully saturated rings. The van der Waals surface area contributed by atoms with Crippen molar-refractivity contribution in [1.82, 2.24) is 5.32 Å². The Bertz CT molecular complexity index is 778. The fourth-order valence-electron chi connectivity index (χ4n) is 2.47. The molecule has 0 radical (unpaired) electrons. The summed E-state index contributed by atoms with van der Waals surface area (Å²) >= 11 is 5.78. The predicted octanol–water partition coefficient (Wildman–Crippen LogP) is 2.82. The van der Waals surface area contributed by atoms with Gasteiger partial charge in [0.1, 0.15) is 5.82 Å². The Kier molecular flexibility index (Phi) is 7.12. The number of aryl methyl sites for hydroxylation is 1. The van der Waals surface area contributed by atoms with Gasteiger partial charge < -0.3 is 15.3 Å². The number of hydrogen-bond acceptors (Lipinski definition) is 3. The average molecular weight is 379 g/mol. The molecule has 0 aliphatic rings. The summed E-state index contributed by atoms with van der Waals surface area (Å²) in [6, 6.07) is 11.1. The van der Waals surface area contributed by atoms with Crippen LogP contribution in [0.3, 0.4) is 0 Å². The zero-order valence-corrected chi connectivity index (χ0v) is 15.1. The number of nitrogens with zero attached hydrogens (tertiary/aromatic N) is 1. The van der Waals surface area contributed by atoms with E-state index in [1.165, 1.54) is 17.0 Å². The molecule has 0 atom stereocenters. The molecule has 2 N–H and O–H groups in total. The second-order valence-corrected chi connectivity index (χ2v) is 6.27. The third-order valence-corrected chi connectivity index (χ3v) is 3.89. The van der Waals surface area contributed by atoms with E-state index in [-0.39, 0.29) is 24.7 Å². The van der Waals surface area contributed by atoms with Crippen LogP contribution in [-0.2, 0) is 16.1 Å². The van der Waals surface area contributed by atoms with Crippen molar-refractivity contribution in [1.29, 1.82) is 0 Å². The third-order valence-electron chi connectivity index (χ3n) is 3.67. The molecule has 0 bridgehead atoms. The van der Waals surface area contributed by atoms with E-state index in [4.69, 9.17) is 16.7 Å². The smallest absolute Gasteiger partial charge is 0.316 e. The summed E-state index contributed by atoms with van der Waals surface area (Å²) in [5, 5.41) is 11.7. The van der Waals surface area contributed by atoms with Crippen LogP contribution >= 0.6 is 11.6 Å². The predicted molar refractivity (Wildman–Crippen MR) is 98.5 cm³/mol. The molecule has 0 aliphatic heterocycles. The molecule has 0 unspecified atom stereocenters. The number of anilines is 1. The molecular weight excluding hydrogens is 359 g/mol. The van der Waals surface area contributed by atoms with E-state index < -0.39 is 17.6 Å². The number of rotatable bonds is 6. The Morgan fingerprint density at radius 1 is 1.23 bits per heavy atom. The first-order valence-corrected chi connectivity index (χ1v) is 8.50. The van der Waals surface area contributed by atoms with Gasteiger partial charge in [0.15, 0.2) is 0 Å². The number of benzene rings is 2. The molecule has 2 aromatic rings. The summed E-state index contributed by atoms with van der Waals surface area (Å²) in [4.78, 5) is 26.1. The summed E-state index contributed by atoms with van der Waals surface area (Å²) in [6.45, 7) is 1.96. The summed E-state index contributed by atoms with van der Waals surface area (Å²) < 4.78 is 13.3. The largest absolute Gasteiger partial charge is 0.396 e. The van der Waals surface area contributed by atoms with E-state index in [1.54, 1.807) is 18.2 Å². The van der Waals surface area contributed by atoms with Crippen LogP contribution in [0.2, 0.25) is 5.02 Å². The van der Waals surface area contributed by atoms with Gasteiger partial charge in [0, 0.05) is 30.4 Å². The number of hydrogen-bond donors (Lipinski definition) is 2. The monoisotopic (exact) mass is 378 g/mol. The van der Waals surface area contributed by atoms with Crippen LogP contribution in [0.4, 0.5) is 10.1 Å². The molecule has 138 valence electrons. The van der Waals surface area contributed by atoms with Crippen molar-refractivity contribution < 1.29 is 19.1 Å². The minimum Gasteiger partial charge on any atom is -0.396 e. The van der Waals surface area contributed by atoms with E-state index in [0.717, 1.165) is 11.6 Å². The summed E-state index contributed by atoms with van der Waals surface area (Å²) in [7, 11) is 0. The van der Waals surface area contributed by atoms with Crippen LogP contribution < -0.4 is 10.2 Å². The van der Waals surface area contributed by atoms with Gasteiger partial charge in [-0.05, 0) is 54.8 Å². The zero-order valence-electron chi connectivity index (χ0n) is 14.3. The van der Waals surface area contributed by atoms with E-state index in [0.29, 0.717) is 17.7 Å². The molecule has 7 heteroatoms. The number of carbonyl (C=O) groups is 2. The molecule has 0 saturated carbocycles. The first kappa shape index (κ1) is 19.9. The summed E-state index contributed by atoms with van der Waals surface area (Å²) in [6.07, 6.45) is 0.340. The van der Waals surface area contributed by atoms with Crippen molar-refractivity contribution >= 4 is 29.1 Å². The lowest BCUT2D eigenvalue weighted by Crippen LogP contribution is -2.43. The molecule has 0 aromatic heterocycles. The normalized spacial score (nSPS) is 10.5. The molecule has 0 spiro atoms. The van der Waals surface area contributed by atoms with Crippen LogP contribution in [0.1, 0.15) is 17.5 Å². The van der Waals surface area contributed by atoms with Gasteiger partial charge in [-0.25, -0.2) is 4.39 Å². The fraction of sp³-hybridized carbons (Fsp3) is 0.263. The molecular formula is C19H20ClFN2O3. The van der Waals surface area contributed by atoms with Crippen LogP contribution in [0.5, 0.6) is 0 Å². The highest BCUT2D eigenvalue weighted by Crippen LogP contribution is 2.17. The lowest BCUT2D eigenvalue weighted by Gasteiger charge is -2.22. The Morgan fingerprint density at radius 2 is 2.00 bits per heavy atom. The quantitative estimate of drug-likeness (QED) is 0.759. The Morgan fingerprint density at radius 3 is 2.65 bits per heavy atom. The molecule has 2 aromatic carbocycles. The number of amides is 2. The first-order chi connectivity index (χ1) is 12.4. The highest BCUT2D eigenvalue weighted by atomic mass is 35.5. The number of aliphatic hydroxyl groups excluding tert-OH is 1. The number of carbonyl (C=O) groups excluding carboxylic acids is 2. The lowest BCUT2D eigenvalue weighted by atomic mass is 10.2. The van der Waals surface area contributed by atoms with Crippen LogP contribution in [0, 0.1) is 12.7 Å². The van der Waals surface area contributed by atoms with Gasteiger partial charge in [-0.1, -0.05) is 23.7 Å². The maximum absolute atomic E-state index is 13.3. The van der Waals surface area contributed by atoms with Gasteiger partial charge in [-0.2, -0.15) is 0 Å². The maximum atomic E-state index is 13.3. The van der Waals surface area contributed by atoms with Crippen molar-refractivity contribution in [2.75, 3.05) is 18.1 Å². The maximum Gasteiger partial charge on any atom is 0.316 e. The van der Waals surface area contributed by atoms with Crippen LogP contribution in [0.25, 0.3) is 0 Å². The number of aliphatic hydroxyl groups is 1. The highest BCUT2D eigenvalue weighted by molar-refractivity contribution is 6.40. The van der Waals surface area contributed by atoms with Crippen molar-refractivity contribution in [2.45, 2.75) is 19.9 Å². The van der Waals surface area contributed by atoms with Gasteiger partial charge in [-0.15, -0.1) is 0 Å². The zero-order chi connectivity index (χ0) is 19.1. The lowest BCUT2D eigenvalue weighted by molar-refractivity contribution is -0.137. The highest BCUT2D eigenvalue weighted by Gasteiger charge is 2.23. The van der Waals surface area contributed by atoms with Gasteiger partial charge in [0.25, 0.3) is 0 Å². The van der Waals surface area contributed by atoms with Crippen LogP contribution in [-0.4, -0.2) is 30.1 Å². The molecule has 0 heterocycles. The second-order valence-electron chi connectivity index (χ2n) is 5.83. The Hall–Kier alpha value is -2.44. The minimum absolute atomic E-state index is 0.0241. The Labute approximate surface area is 156 Å². The van der Waals surface area contributed by atoms with Gasteiger partial charge in [0.05, 0.1) is 0 Å². The van der Waals surface area contributed by atoms with Crippen molar-refractivity contribution in [3.63, 3.8) is 0 Å². The molecule has 0 aliphatic carbocycles. The molecule has 0 saturated heterocycles. The van der Waals surface area contributed by atoms with E-state index in [9.17, 15) is 14.0 Å². The molecule has 5 nitrogen and oxygen atoms in total. The second kappa shape index (κ2) is 9.31. The third kappa shape index (κ3) is 5.54. The van der Waals surface area contributed by atoms with Gasteiger partial charge >= 0.3 is 11.8 Å². The summed E-state index contributed by atoms with van der Waals surface area (Å²) in [5.41, 5.74) is 1.97. The first-order valence-electron chi connectivity index (χ1n) is 8.13. The van der Waals surface area contributed by atoms with Crippen molar-refractivity contribution in [3.05, 3.63) is 64.4 Å². The average Bonchev–Trinajstić information content (AvgIpc) is 2.59. The van der Waals surface area contributed by atoms with Crippen LogP contribution in [0.15, 0.2) is 42.5 Å². The van der Waals surface area contributed by atoms with Crippen molar-refractivity contribution in [2.24, 2.45) is 0 Å². The van der Waals surface area contributed by atoms with E-state index >= 15 is 0 Å². The summed E-state index contributed by atoms with van der Waals surface area (Å²) in [5.74, 6) is -2.08. The van der Waals surface area contributed by atoms with E-state index in [1.807, 2.05) is 13.0 Å². The molecule has 2 amide bonds. The fourth-order valence-corrected chi connectivity index (χ4v) is 2.71. The standard InChI is InChI=1S/C19H20ClFN2O3/c1-13-4-2-5-17(8-13)23(6-3-7-24)19(26)18(25)22-12-14-9-15(20)11-16(21)10-14/h2,4-5,8-11,24H,3,6-7,12H2,1H3,(H,22,25). The topological polar surface area (TPSA) is 69.6 Å². The SMILES string of the molecule is Cc1cccc(N(CCCO)C(=O)C(=O)NCc2cc(F)cc(Cl)c2)c1. The van der Waals surface area contributed by atoms with Gasteiger partial charge in [-0.3, -0.25) is 9.59 Å². The van der Waals surface area contributed by atoms with Gasteiger partial charge in [0.2, 0.25) is 0 Å². The molecule has 26 heavy (non-hydrogen) atoms. The number of halogens is 2.